The molecule has 0 aromatic carbocycles. The van der Waals surface area contributed by atoms with E-state index < -0.39 is 24.9 Å². The van der Waals surface area contributed by atoms with Crippen LogP contribution in [0.1, 0.15) is 6.92 Å². The number of fused-ring (bicyclic) bond motifs is 1. The van der Waals surface area contributed by atoms with Crippen LogP contribution in [-0.4, -0.2) is 81.0 Å². The Bertz CT molecular complexity index is 1130. The summed E-state index contributed by atoms with van der Waals surface area (Å²) in [7, 11) is 1.50. The highest BCUT2D eigenvalue weighted by Gasteiger charge is 2.41. The van der Waals surface area contributed by atoms with Crippen LogP contribution in [0.2, 0.25) is 0 Å². The average molecular weight is 488 g/mol. The minimum atomic E-state index is -5.13. The number of aliphatic hydroxyl groups is 1. The van der Waals surface area contributed by atoms with E-state index in [0.29, 0.717) is 19.0 Å². The van der Waals surface area contributed by atoms with E-state index in [2.05, 4.69) is 31.9 Å². The van der Waals surface area contributed by atoms with Crippen molar-refractivity contribution in [3.63, 3.8) is 0 Å². The minimum Gasteiger partial charge on any atom is -0.456 e. The van der Waals surface area contributed by atoms with Crippen molar-refractivity contribution in [2.24, 2.45) is 7.05 Å². The summed E-state index contributed by atoms with van der Waals surface area (Å²) in [6.45, 7) is 4.07. The quantitative estimate of drug-likeness (QED) is 0.243. The zero-order chi connectivity index (χ0) is 24.2. The van der Waals surface area contributed by atoms with Gasteiger partial charge in [0.1, 0.15) is 6.61 Å². The van der Waals surface area contributed by atoms with Crippen molar-refractivity contribution in [2.75, 3.05) is 43.4 Å². The summed E-state index contributed by atoms with van der Waals surface area (Å²) >= 11 is 0.940. The summed E-state index contributed by atoms with van der Waals surface area (Å²) in [5.41, 5.74) is 0.134. The summed E-state index contributed by atoms with van der Waals surface area (Å²) in [5, 5.41) is 13.4. The molecule has 0 aliphatic carbocycles. The number of piperazine rings is 1. The largest absolute Gasteiger partial charge is 0.490 e. The van der Waals surface area contributed by atoms with E-state index in [1.54, 1.807) is 11.5 Å². The number of thioether (sulfide) groups is 1. The van der Waals surface area contributed by atoms with Crippen molar-refractivity contribution in [2.45, 2.75) is 30.9 Å². The van der Waals surface area contributed by atoms with Gasteiger partial charge in [0.05, 0.1) is 12.6 Å². The van der Waals surface area contributed by atoms with Gasteiger partial charge in [-0.15, -0.1) is 5.92 Å². The van der Waals surface area contributed by atoms with Gasteiger partial charge in [0.15, 0.2) is 16.3 Å². The lowest BCUT2D eigenvalue weighted by atomic mass is 10.4. The van der Waals surface area contributed by atoms with Crippen LogP contribution < -0.4 is 15.8 Å². The summed E-state index contributed by atoms with van der Waals surface area (Å²) in [5.74, 6) is 3.82. The Balaban J connectivity index is 1.84. The van der Waals surface area contributed by atoms with E-state index in [1.165, 1.54) is 11.6 Å². The minimum absolute atomic E-state index is 0.149. The molecule has 3 heterocycles. The van der Waals surface area contributed by atoms with Crippen LogP contribution >= 0.6 is 11.8 Å². The van der Waals surface area contributed by atoms with Crippen molar-refractivity contribution in [3.8, 4) is 11.8 Å². The normalized spacial score (nSPS) is 15.3. The number of esters is 1. The topological polar surface area (TPSA) is 115 Å². The molecule has 0 bridgehead atoms. The molecule has 3 rings (SSSR count). The smallest absolute Gasteiger partial charge is 0.456 e. The average Bonchev–Trinajstić information content (AvgIpc) is 3.15. The molecule has 2 N–H and O–H groups in total. The molecular formula is C19H23F3N6O4S. The number of imidazole rings is 1. The van der Waals surface area contributed by atoms with Crippen LogP contribution in [0.3, 0.4) is 0 Å². The Morgan fingerprint density at radius 3 is 2.67 bits per heavy atom. The Morgan fingerprint density at radius 1 is 1.33 bits per heavy atom. The third-order valence-corrected chi connectivity index (χ3v) is 5.96. The number of halogens is 3. The van der Waals surface area contributed by atoms with Gasteiger partial charge < -0.3 is 20.1 Å². The molecule has 10 nitrogen and oxygen atoms in total. The number of nitrogens with one attached hydrogen (secondary N) is 1. The van der Waals surface area contributed by atoms with E-state index in [4.69, 9.17) is 0 Å². The molecular weight excluding hydrogens is 465 g/mol. The standard InChI is InChI=1S/C19H23F3N6O4S/c1-3-4-7-28-13-14(24-17(28)27-8-5-23-6-9-27)25-18(26(2)15(13)30)33-11-12(29)10-32-16(31)19(20,21)22/h12,23,29H,5-11H2,1-2H3. The van der Waals surface area contributed by atoms with Gasteiger partial charge in [0.2, 0.25) is 5.95 Å². The first kappa shape index (κ1) is 24.9. The van der Waals surface area contributed by atoms with E-state index in [9.17, 15) is 27.9 Å². The first-order chi connectivity index (χ1) is 15.6. The van der Waals surface area contributed by atoms with Gasteiger partial charge in [-0.2, -0.15) is 18.2 Å². The first-order valence-electron chi connectivity index (χ1n) is 10.0. The molecule has 1 unspecified atom stereocenters. The van der Waals surface area contributed by atoms with Gasteiger partial charge in [0, 0.05) is 39.0 Å². The third-order valence-electron chi connectivity index (χ3n) is 4.78. The molecule has 1 atom stereocenters. The summed E-state index contributed by atoms with van der Waals surface area (Å²) in [4.78, 5) is 34.9. The number of carbonyl (C=O) groups is 1. The lowest BCUT2D eigenvalue weighted by Crippen LogP contribution is -2.44. The van der Waals surface area contributed by atoms with Crippen LogP contribution in [0.15, 0.2) is 9.95 Å². The van der Waals surface area contributed by atoms with Gasteiger partial charge in [-0.3, -0.25) is 13.9 Å². The molecule has 0 saturated carbocycles. The van der Waals surface area contributed by atoms with E-state index >= 15 is 0 Å². The molecule has 2 aromatic heterocycles. The predicted molar refractivity (Wildman–Crippen MR) is 115 cm³/mol. The maximum atomic E-state index is 13.1. The number of hydrogen-bond acceptors (Lipinski definition) is 9. The second-order valence-corrected chi connectivity index (χ2v) is 8.14. The van der Waals surface area contributed by atoms with Crippen LogP contribution in [-0.2, 0) is 23.1 Å². The van der Waals surface area contributed by atoms with Gasteiger partial charge in [-0.05, 0) is 6.92 Å². The molecule has 2 aromatic rings. The Labute approximate surface area is 191 Å². The van der Waals surface area contributed by atoms with Gasteiger partial charge in [-0.1, -0.05) is 17.7 Å². The molecule has 1 saturated heterocycles. The number of alkyl halides is 3. The van der Waals surface area contributed by atoms with Gasteiger partial charge >= 0.3 is 12.1 Å². The number of carbonyl (C=O) groups excluding carboxylic acids is 1. The monoisotopic (exact) mass is 488 g/mol. The van der Waals surface area contributed by atoms with Gasteiger partial charge in [-0.25, -0.2) is 9.78 Å². The molecule has 1 fully saturated rings. The lowest BCUT2D eigenvalue weighted by molar-refractivity contribution is -0.201. The van der Waals surface area contributed by atoms with Crippen molar-refractivity contribution in [1.29, 1.82) is 0 Å². The van der Waals surface area contributed by atoms with Crippen molar-refractivity contribution in [3.05, 3.63) is 10.4 Å². The highest BCUT2D eigenvalue weighted by molar-refractivity contribution is 7.99. The maximum Gasteiger partial charge on any atom is 0.490 e. The second kappa shape index (κ2) is 10.4. The summed E-state index contributed by atoms with van der Waals surface area (Å²) in [6, 6.07) is 0. The second-order valence-electron chi connectivity index (χ2n) is 7.15. The number of anilines is 1. The molecule has 1 aliphatic rings. The van der Waals surface area contributed by atoms with Crippen molar-refractivity contribution >= 4 is 34.8 Å². The third kappa shape index (κ3) is 5.79. The fraction of sp³-hybridized carbons (Fsp3) is 0.579. The first-order valence-corrected chi connectivity index (χ1v) is 11.0. The number of nitrogens with zero attached hydrogens (tertiary/aromatic N) is 5. The van der Waals surface area contributed by atoms with Crippen molar-refractivity contribution < 1.29 is 27.8 Å². The summed E-state index contributed by atoms with van der Waals surface area (Å²) in [6.07, 6.45) is -6.52. The summed E-state index contributed by atoms with van der Waals surface area (Å²) < 4.78 is 43.7. The molecule has 0 radical (unpaired) electrons. The van der Waals surface area contributed by atoms with Crippen LogP contribution in [0, 0.1) is 11.8 Å². The molecule has 14 heteroatoms. The Kier molecular flexibility index (Phi) is 7.88. The fourth-order valence-corrected chi connectivity index (χ4v) is 4.01. The van der Waals surface area contributed by atoms with Crippen LogP contribution in [0.5, 0.6) is 0 Å². The molecule has 0 spiro atoms. The Morgan fingerprint density at radius 2 is 2.03 bits per heavy atom. The van der Waals surface area contributed by atoms with E-state index in [-0.39, 0.29) is 34.2 Å². The van der Waals surface area contributed by atoms with E-state index in [1.807, 2.05) is 4.90 Å². The lowest BCUT2D eigenvalue weighted by Gasteiger charge is -2.28. The number of aliphatic hydroxyl groups excluding tert-OH is 1. The molecule has 0 amide bonds. The number of aromatic nitrogens is 4. The number of rotatable bonds is 7. The van der Waals surface area contributed by atoms with Crippen LogP contribution in [0.25, 0.3) is 11.2 Å². The molecule has 1 aliphatic heterocycles. The zero-order valence-electron chi connectivity index (χ0n) is 18.0. The van der Waals surface area contributed by atoms with Gasteiger partial charge in [0.25, 0.3) is 5.56 Å². The Hall–Kier alpha value is -2.76. The predicted octanol–water partition coefficient (Wildman–Crippen LogP) is 0.121. The van der Waals surface area contributed by atoms with Crippen LogP contribution in [0.4, 0.5) is 19.1 Å². The number of ether oxygens (including phenoxy) is 1. The zero-order valence-corrected chi connectivity index (χ0v) is 18.8. The molecule has 33 heavy (non-hydrogen) atoms. The fourth-order valence-electron chi connectivity index (χ4n) is 3.14. The highest BCUT2D eigenvalue weighted by Crippen LogP contribution is 2.23. The highest BCUT2D eigenvalue weighted by atomic mass is 32.2. The van der Waals surface area contributed by atoms with E-state index in [0.717, 1.165) is 24.9 Å². The molecule has 180 valence electrons. The maximum absolute atomic E-state index is 13.1. The number of hydrogen-bond donors (Lipinski definition) is 2. The van der Waals surface area contributed by atoms with Crippen molar-refractivity contribution in [1.82, 2.24) is 24.4 Å². The SMILES string of the molecule is CC#CCn1c(N2CCNCC2)nc2nc(SCC(O)COC(=O)C(F)(F)F)n(C)c(=O)c21.